The number of alkyl halides is 1. The number of rotatable bonds is 2. The Morgan fingerprint density at radius 2 is 1.73 bits per heavy atom. The van der Waals surface area contributed by atoms with Gasteiger partial charge in [-0.05, 0) is 25.8 Å². The summed E-state index contributed by atoms with van der Waals surface area (Å²) in [6.45, 7) is 1.37. The molecule has 2 nitrogen and oxygen atoms in total. The number of ether oxygens (including phenoxy) is 1. The highest BCUT2D eigenvalue weighted by Crippen LogP contribution is 2.23. The number of nitrogens with one attached hydrogen (secondary N) is 1. The van der Waals surface area contributed by atoms with Crippen LogP contribution in [0.2, 0.25) is 0 Å². The molecule has 3 heteroatoms. The second-order valence-corrected chi connectivity index (χ2v) is 4.80. The molecular formula is C12H22FNO. The molecule has 0 aromatic heterocycles. The van der Waals surface area contributed by atoms with Gasteiger partial charge in [-0.2, -0.15) is 0 Å². The second-order valence-electron chi connectivity index (χ2n) is 4.80. The zero-order valence-electron chi connectivity index (χ0n) is 9.38. The Morgan fingerprint density at radius 3 is 2.40 bits per heavy atom. The average Bonchev–Trinajstić information content (AvgIpc) is 2.50. The van der Waals surface area contributed by atoms with Crippen LogP contribution in [-0.2, 0) is 4.74 Å². The van der Waals surface area contributed by atoms with Crippen LogP contribution in [0.15, 0.2) is 0 Å². The van der Waals surface area contributed by atoms with Gasteiger partial charge in [0.15, 0.2) is 0 Å². The van der Waals surface area contributed by atoms with Gasteiger partial charge in [0.2, 0.25) is 0 Å². The molecule has 1 saturated heterocycles. The Bertz CT molecular complexity index is 180. The SMILES string of the molecule is FC1CNCC[C@H]1OC1CCCCCC1. The molecule has 0 bridgehead atoms. The van der Waals surface area contributed by atoms with E-state index in [0.717, 1.165) is 25.8 Å². The van der Waals surface area contributed by atoms with Gasteiger partial charge in [-0.3, -0.25) is 0 Å². The molecule has 0 spiro atoms. The van der Waals surface area contributed by atoms with Crippen molar-refractivity contribution in [3.63, 3.8) is 0 Å². The summed E-state index contributed by atoms with van der Waals surface area (Å²) in [7, 11) is 0. The lowest BCUT2D eigenvalue weighted by molar-refractivity contribution is -0.0682. The maximum absolute atomic E-state index is 13.5. The van der Waals surface area contributed by atoms with Gasteiger partial charge in [-0.25, -0.2) is 4.39 Å². The minimum atomic E-state index is -0.804. The van der Waals surface area contributed by atoms with Crippen LogP contribution in [-0.4, -0.2) is 31.5 Å². The first-order chi connectivity index (χ1) is 7.36. The van der Waals surface area contributed by atoms with E-state index in [9.17, 15) is 4.39 Å². The van der Waals surface area contributed by atoms with E-state index in [1.807, 2.05) is 0 Å². The Labute approximate surface area is 91.6 Å². The Kier molecular flexibility index (Phi) is 4.39. The van der Waals surface area contributed by atoms with Crippen LogP contribution in [0, 0.1) is 0 Å². The Balaban J connectivity index is 1.78. The third-order valence-electron chi connectivity index (χ3n) is 3.52. The van der Waals surface area contributed by atoms with Crippen molar-refractivity contribution >= 4 is 0 Å². The fourth-order valence-corrected chi connectivity index (χ4v) is 2.58. The zero-order chi connectivity index (χ0) is 10.5. The summed E-state index contributed by atoms with van der Waals surface area (Å²) in [5, 5.41) is 3.06. The monoisotopic (exact) mass is 215 g/mol. The maximum atomic E-state index is 13.5. The topological polar surface area (TPSA) is 21.3 Å². The predicted octanol–water partition coefficient (Wildman–Crippen LogP) is 2.43. The van der Waals surface area contributed by atoms with Crippen molar-refractivity contribution in [2.24, 2.45) is 0 Å². The molecule has 1 aliphatic carbocycles. The van der Waals surface area contributed by atoms with E-state index >= 15 is 0 Å². The number of piperidine rings is 1. The molecule has 2 aliphatic rings. The van der Waals surface area contributed by atoms with Crippen molar-refractivity contribution in [2.45, 2.75) is 63.3 Å². The molecule has 0 aromatic rings. The van der Waals surface area contributed by atoms with E-state index in [2.05, 4.69) is 5.32 Å². The molecule has 2 fully saturated rings. The minimum absolute atomic E-state index is 0.144. The summed E-state index contributed by atoms with van der Waals surface area (Å²) in [4.78, 5) is 0. The first-order valence-corrected chi connectivity index (χ1v) is 6.36. The van der Waals surface area contributed by atoms with Crippen LogP contribution in [0.3, 0.4) is 0 Å². The fourth-order valence-electron chi connectivity index (χ4n) is 2.58. The third-order valence-corrected chi connectivity index (χ3v) is 3.52. The summed E-state index contributed by atoms with van der Waals surface area (Å²) in [5.74, 6) is 0. The molecule has 1 unspecified atom stereocenters. The number of hydrogen-bond donors (Lipinski definition) is 1. The van der Waals surface area contributed by atoms with Crippen LogP contribution in [0.1, 0.15) is 44.9 Å². The maximum Gasteiger partial charge on any atom is 0.139 e. The van der Waals surface area contributed by atoms with E-state index in [4.69, 9.17) is 4.74 Å². The molecule has 1 N–H and O–H groups in total. The van der Waals surface area contributed by atoms with Gasteiger partial charge in [0.25, 0.3) is 0 Å². The first kappa shape index (κ1) is 11.3. The molecule has 0 radical (unpaired) electrons. The quantitative estimate of drug-likeness (QED) is 0.714. The first-order valence-electron chi connectivity index (χ1n) is 6.36. The largest absolute Gasteiger partial charge is 0.372 e. The highest BCUT2D eigenvalue weighted by atomic mass is 19.1. The van der Waals surface area contributed by atoms with Gasteiger partial charge < -0.3 is 10.1 Å². The highest BCUT2D eigenvalue weighted by Gasteiger charge is 2.28. The van der Waals surface area contributed by atoms with Crippen LogP contribution in [0.5, 0.6) is 0 Å². The van der Waals surface area contributed by atoms with Crippen molar-refractivity contribution in [1.82, 2.24) is 5.32 Å². The molecular weight excluding hydrogens is 193 g/mol. The van der Waals surface area contributed by atoms with Crippen molar-refractivity contribution in [3.8, 4) is 0 Å². The van der Waals surface area contributed by atoms with E-state index in [0.29, 0.717) is 12.6 Å². The summed E-state index contributed by atoms with van der Waals surface area (Å²) in [6.07, 6.45) is 7.64. The van der Waals surface area contributed by atoms with Crippen LogP contribution in [0.25, 0.3) is 0 Å². The zero-order valence-corrected chi connectivity index (χ0v) is 9.38. The molecule has 1 aliphatic heterocycles. The second kappa shape index (κ2) is 5.80. The Morgan fingerprint density at radius 1 is 1.00 bits per heavy atom. The lowest BCUT2D eigenvalue weighted by Crippen LogP contribution is -2.44. The molecule has 2 atom stereocenters. The average molecular weight is 215 g/mol. The molecule has 0 amide bonds. The summed E-state index contributed by atoms with van der Waals surface area (Å²) in [6, 6.07) is 0. The highest BCUT2D eigenvalue weighted by molar-refractivity contribution is 4.80. The van der Waals surface area contributed by atoms with Gasteiger partial charge >= 0.3 is 0 Å². The van der Waals surface area contributed by atoms with Crippen molar-refractivity contribution < 1.29 is 9.13 Å². The lowest BCUT2D eigenvalue weighted by Gasteiger charge is -2.30. The summed E-state index contributed by atoms with van der Waals surface area (Å²) >= 11 is 0. The van der Waals surface area contributed by atoms with E-state index in [1.165, 1.54) is 25.7 Å². The predicted molar refractivity (Wildman–Crippen MR) is 58.7 cm³/mol. The van der Waals surface area contributed by atoms with E-state index < -0.39 is 6.17 Å². The normalized spacial score (nSPS) is 35.0. The van der Waals surface area contributed by atoms with Gasteiger partial charge in [-0.1, -0.05) is 25.7 Å². The lowest BCUT2D eigenvalue weighted by atomic mass is 10.1. The van der Waals surface area contributed by atoms with Crippen molar-refractivity contribution in [1.29, 1.82) is 0 Å². The van der Waals surface area contributed by atoms with Crippen molar-refractivity contribution in [2.75, 3.05) is 13.1 Å². The van der Waals surface area contributed by atoms with Gasteiger partial charge in [0.05, 0.1) is 12.2 Å². The van der Waals surface area contributed by atoms with Gasteiger partial charge in [-0.15, -0.1) is 0 Å². The summed E-state index contributed by atoms with van der Waals surface area (Å²) in [5.41, 5.74) is 0. The molecule has 15 heavy (non-hydrogen) atoms. The molecule has 2 rings (SSSR count). The summed E-state index contributed by atoms with van der Waals surface area (Å²) < 4.78 is 19.4. The van der Waals surface area contributed by atoms with Crippen LogP contribution in [0.4, 0.5) is 4.39 Å². The Hall–Kier alpha value is -0.150. The van der Waals surface area contributed by atoms with E-state index in [-0.39, 0.29) is 6.10 Å². The van der Waals surface area contributed by atoms with Crippen molar-refractivity contribution in [3.05, 3.63) is 0 Å². The fraction of sp³-hybridized carbons (Fsp3) is 1.00. The van der Waals surface area contributed by atoms with Gasteiger partial charge in [0, 0.05) is 6.54 Å². The smallest absolute Gasteiger partial charge is 0.139 e. The van der Waals surface area contributed by atoms with Crippen LogP contribution < -0.4 is 5.32 Å². The van der Waals surface area contributed by atoms with Gasteiger partial charge in [0.1, 0.15) is 6.17 Å². The number of halogens is 1. The molecule has 88 valence electrons. The molecule has 0 aromatic carbocycles. The third kappa shape index (κ3) is 3.42. The minimum Gasteiger partial charge on any atom is -0.372 e. The van der Waals surface area contributed by atoms with Crippen LogP contribution >= 0.6 is 0 Å². The standard InChI is InChI=1S/C12H22FNO/c13-11-9-14-8-7-12(11)15-10-5-3-1-2-4-6-10/h10-12,14H,1-9H2/t11?,12-/m1/s1. The molecule has 1 heterocycles. The number of hydrogen-bond acceptors (Lipinski definition) is 2. The molecule has 1 saturated carbocycles. The van der Waals surface area contributed by atoms with E-state index in [1.54, 1.807) is 0 Å².